The predicted molar refractivity (Wildman–Crippen MR) is 187 cm³/mol. The number of allylic oxidation sites excluding steroid dienone is 1. The minimum Gasteiger partial charge on any atom is -0.487 e. The largest absolute Gasteiger partial charge is 0.487 e. The summed E-state index contributed by atoms with van der Waals surface area (Å²) < 4.78 is 9.91. The second-order valence-corrected chi connectivity index (χ2v) is 13.5. The smallest absolute Gasteiger partial charge is 0.271 e. The van der Waals surface area contributed by atoms with Gasteiger partial charge in [-0.25, -0.2) is 4.99 Å². The van der Waals surface area contributed by atoms with E-state index < -0.39 is 6.04 Å². The maximum absolute atomic E-state index is 14.1. The molecule has 1 amide bonds. The van der Waals surface area contributed by atoms with E-state index in [1.54, 1.807) is 10.6 Å². The number of hydrogen-bond donors (Lipinski definition) is 1. The highest BCUT2D eigenvalue weighted by Crippen LogP contribution is 2.32. The van der Waals surface area contributed by atoms with Gasteiger partial charge in [0.25, 0.3) is 11.5 Å². The molecule has 5 rings (SSSR count). The Morgan fingerprint density at radius 2 is 1.79 bits per heavy atom. The third-order valence-corrected chi connectivity index (χ3v) is 9.47. The predicted octanol–water partition coefficient (Wildman–Crippen LogP) is 6.77. The van der Waals surface area contributed by atoms with Crippen molar-refractivity contribution in [2.75, 3.05) is 11.9 Å². The maximum atomic E-state index is 14.1. The molecule has 42 heavy (non-hydrogen) atoms. The summed E-state index contributed by atoms with van der Waals surface area (Å²) in [7, 11) is 0. The van der Waals surface area contributed by atoms with Gasteiger partial charge in [-0.05, 0) is 105 Å². The highest BCUT2D eigenvalue weighted by atomic mass is 127. The average molecular weight is 801 g/mol. The third kappa shape index (κ3) is 6.32. The molecule has 0 saturated heterocycles. The molecule has 4 aromatic rings. The monoisotopic (exact) mass is 801 g/mol. The van der Waals surface area contributed by atoms with Crippen molar-refractivity contribution >= 4 is 74.2 Å². The summed E-state index contributed by atoms with van der Waals surface area (Å²) in [6.07, 6.45) is 3.59. The Kier molecular flexibility index (Phi) is 9.48. The lowest BCUT2D eigenvalue weighted by Crippen LogP contribution is -2.40. The van der Waals surface area contributed by atoms with E-state index in [9.17, 15) is 9.59 Å². The zero-order chi connectivity index (χ0) is 30.0. The molecule has 1 aliphatic rings. The van der Waals surface area contributed by atoms with Crippen molar-refractivity contribution in [3.63, 3.8) is 0 Å². The first-order chi connectivity index (χ1) is 20.2. The van der Waals surface area contributed by atoms with Gasteiger partial charge in [-0.1, -0.05) is 80.3 Å². The second kappa shape index (κ2) is 13.1. The Bertz CT molecular complexity index is 1850. The Balaban J connectivity index is 1.64. The first kappa shape index (κ1) is 30.4. The number of benzene rings is 3. The van der Waals surface area contributed by atoms with Crippen LogP contribution in [0.15, 0.2) is 100 Å². The number of amides is 1. The van der Waals surface area contributed by atoms with Gasteiger partial charge in [-0.15, -0.1) is 0 Å². The highest BCUT2D eigenvalue weighted by molar-refractivity contribution is 14.1. The van der Waals surface area contributed by atoms with Crippen LogP contribution in [0.25, 0.3) is 6.08 Å². The van der Waals surface area contributed by atoms with Crippen molar-refractivity contribution in [1.29, 1.82) is 0 Å². The van der Waals surface area contributed by atoms with Crippen LogP contribution in [0.1, 0.15) is 49.4 Å². The van der Waals surface area contributed by atoms with Gasteiger partial charge in [0.2, 0.25) is 0 Å². The van der Waals surface area contributed by atoms with Crippen molar-refractivity contribution < 1.29 is 9.53 Å². The van der Waals surface area contributed by atoms with E-state index >= 15 is 0 Å². The standard InChI is InChI=1S/C33H29I2N3O3S/c1-5-15-41-30-25(34)16-21(17-26(30)35)18-27-32(40)38-29(23-13-11-22(12-14-23)19(2)3)28(20(4)36-33(38)42-27)31(39)37-24-9-7-6-8-10-24/h5-14,16-19,29H,1,15H2,2-4H3,(H,37,39)/b27-18-. The van der Waals surface area contributed by atoms with Gasteiger partial charge in [-0.3, -0.25) is 14.2 Å². The summed E-state index contributed by atoms with van der Waals surface area (Å²) in [5.41, 5.74) is 4.45. The van der Waals surface area contributed by atoms with Crippen LogP contribution in [0.2, 0.25) is 0 Å². The maximum Gasteiger partial charge on any atom is 0.271 e. The number of carbonyl (C=O) groups is 1. The SMILES string of the molecule is C=CCOc1c(I)cc(/C=c2\sc3n(c2=O)C(c2ccc(C(C)C)cc2)C(C(=O)Nc2ccccc2)=C(C)N=3)cc1I. The van der Waals surface area contributed by atoms with E-state index in [1.807, 2.05) is 67.6 Å². The lowest BCUT2D eigenvalue weighted by atomic mass is 9.93. The van der Waals surface area contributed by atoms with Gasteiger partial charge in [0.15, 0.2) is 4.80 Å². The zero-order valence-corrected chi connectivity index (χ0v) is 28.5. The molecule has 1 aliphatic heterocycles. The second-order valence-electron chi connectivity index (χ2n) is 10.1. The molecule has 0 saturated carbocycles. The number of halogens is 2. The van der Waals surface area contributed by atoms with Crippen LogP contribution in [-0.2, 0) is 4.79 Å². The molecule has 0 spiro atoms. The summed E-state index contributed by atoms with van der Waals surface area (Å²) in [6.45, 7) is 10.3. The van der Waals surface area contributed by atoms with Gasteiger partial charge >= 0.3 is 0 Å². The summed E-state index contributed by atoms with van der Waals surface area (Å²) in [5.74, 6) is 0.872. The fraction of sp³-hybridized carbons (Fsp3) is 0.182. The Hall–Kier alpha value is -3.03. The van der Waals surface area contributed by atoms with Crippen LogP contribution >= 0.6 is 56.5 Å². The minimum atomic E-state index is -0.622. The molecule has 0 fully saturated rings. The minimum absolute atomic E-state index is 0.189. The Morgan fingerprint density at radius 1 is 1.12 bits per heavy atom. The fourth-order valence-electron chi connectivity index (χ4n) is 4.80. The van der Waals surface area contributed by atoms with Crippen molar-refractivity contribution in [2.24, 2.45) is 4.99 Å². The Morgan fingerprint density at radius 3 is 2.40 bits per heavy atom. The molecule has 214 valence electrons. The van der Waals surface area contributed by atoms with Crippen molar-refractivity contribution in [3.8, 4) is 5.75 Å². The van der Waals surface area contributed by atoms with Gasteiger partial charge in [-0.2, -0.15) is 0 Å². The average Bonchev–Trinajstić information content (AvgIpc) is 3.26. The van der Waals surface area contributed by atoms with Gasteiger partial charge in [0, 0.05) is 5.69 Å². The summed E-state index contributed by atoms with van der Waals surface area (Å²) in [5, 5.41) is 3.00. The molecule has 0 radical (unpaired) electrons. The summed E-state index contributed by atoms with van der Waals surface area (Å²) in [6, 6.07) is 20.8. The lowest BCUT2D eigenvalue weighted by molar-refractivity contribution is -0.113. The Labute approximate surface area is 275 Å². The van der Waals surface area contributed by atoms with E-state index in [2.05, 4.69) is 83.1 Å². The molecule has 1 aromatic heterocycles. The van der Waals surface area contributed by atoms with Crippen LogP contribution in [0.3, 0.4) is 0 Å². The van der Waals surface area contributed by atoms with Crippen LogP contribution in [0.5, 0.6) is 5.75 Å². The van der Waals surface area contributed by atoms with E-state index in [0.717, 1.165) is 24.0 Å². The molecule has 0 aliphatic carbocycles. The van der Waals surface area contributed by atoms with Crippen LogP contribution < -0.4 is 24.9 Å². The lowest BCUT2D eigenvalue weighted by Gasteiger charge is -2.25. The van der Waals surface area contributed by atoms with Crippen LogP contribution in [0.4, 0.5) is 5.69 Å². The topological polar surface area (TPSA) is 72.7 Å². The quantitative estimate of drug-likeness (QED) is 0.158. The number of carbonyl (C=O) groups excluding carboxylic acids is 1. The number of rotatable bonds is 8. The molecular formula is C33H29I2N3O3S. The van der Waals surface area contributed by atoms with Crippen LogP contribution in [-0.4, -0.2) is 17.1 Å². The molecule has 1 unspecified atom stereocenters. The molecule has 0 bridgehead atoms. The number of anilines is 1. The fourth-order valence-corrected chi connectivity index (χ4v) is 7.98. The van der Waals surface area contributed by atoms with Crippen molar-refractivity contribution in [3.05, 3.63) is 134 Å². The number of aromatic nitrogens is 1. The first-order valence-corrected chi connectivity index (χ1v) is 16.4. The third-order valence-electron chi connectivity index (χ3n) is 6.88. The molecule has 2 heterocycles. The summed E-state index contributed by atoms with van der Waals surface area (Å²) >= 11 is 5.82. The number of ether oxygens (including phenoxy) is 1. The number of thiazole rings is 1. The molecule has 3 aromatic carbocycles. The van der Waals surface area contributed by atoms with Crippen LogP contribution in [0, 0.1) is 7.14 Å². The van der Waals surface area contributed by atoms with Crippen molar-refractivity contribution in [2.45, 2.75) is 32.7 Å². The number of fused-ring (bicyclic) bond motifs is 1. The highest BCUT2D eigenvalue weighted by Gasteiger charge is 2.32. The van der Waals surface area contributed by atoms with E-state index in [-0.39, 0.29) is 11.5 Å². The first-order valence-electron chi connectivity index (χ1n) is 13.4. The zero-order valence-electron chi connectivity index (χ0n) is 23.4. The number of nitrogens with zero attached hydrogens (tertiary/aromatic N) is 2. The molecular weight excluding hydrogens is 772 g/mol. The molecule has 1 N–H and O–H groups in total. The number of nitrogens with one attached hydrogen (secondary N) is 1. The molecule has 1 atom stereocenters. The number of para-hydroxylation sites is 1. The van der Waals surface area contributed by atoms with E-state index in [4.69, 9.17) is 9.73 Å². The number of hydrogen-bond acceptors (Lipinski definition) is 5. The van der Waals surface area contributed by atoms with E-state index in [1.165, 1.54) is 16.9 Å². The van der Waals surface area contributed by atoms with Gasteiger partial charge in [0.1, 0.15) is 12.4 Å². The van der Waals surface area contributed by atoms with Gasteiger partial charge in [0.05, 0.1) is 29.0 Å². The summed E-state index contributed by atoms with van der Waals surface area (Å²) in [4.78, 5) is 33.2. The molecule has 9 heteroatoms. The van der Waals surface area contributed by atoms with Crippen molar-refractivity contribution in [1.82, 2.24) is 4.57 Å². The van der Waals surface area contributed by atoms with E-state index in [0.29, 0.717) is 38.8 Å². The molecule has 6 nitrogen and oxygen atoms in total. The van der Waals surface area contributed by atoms with Gasteiger partial charge < -0.3 is 10.1 Å². The normalized spacial score (nSPS) is 14.9.